The molecule has 9 heteroatoms. The van der Waals surface area contributed by atoms with Crippen LogP contribution in [-0.2, 0) is 28.5 Å². The predicted molar refractivity (Wildman–Crippen MR) is 170 cm³/mol. The summed E-state index contributed by atoms with van der Waals surface area (Å²) in [5, 5.41) is 0. The van der Waals surface area contributed by atoms with Gasteiger partial charge in [0.1, 0.15) is 12.0 Å². The maximum atomic E-state index is 13.9. The molecule has 3 aliphatic rings. The van der Waals surface area contributed by atoms with Gasteiger partial charge in [-0.2, -0.15) is 0 Å². The standard InChI is InChI=1S/C34H63N3O6/c1-12-36(9)26-15-13-25(14-16-26)28-22-41-32(39)33(4,5)29(38)19-30(34(6,40-11)20-23(2)21-37(28)10)43-31-18-27(35(7)8)17-24(3)42-31/h23-28,30-31H,12-22H2,1-11H3/t23-,24-,25-,26-,27+,28-,30-,31+,34-/m1/s1. The summed E-state index contributed by atoms with van der Waals surface area (Å²) in [6, 6.07) is 1.04. The van der Waals surface area contributed by atoms with E-state index in [0.717, 1.165) is 45.2 Å². The Labute approximate surface area is 262 Å². The maximum absolute atomic E-state index is 13.9. The van der Waals surface area contributed by atoms with Crippen LogP contribution in [0.5, 0.6) is 0 Å². The van der Waals surface area contributed by atoms with Gasteiger partial charge in [-0.25, -0.2) is 0 Å². The molecule has 43 heavy (non-hydrogen) atoms. The molecule has 1 saturated carbocycles. The first kappa shape index (κ1) is 36.4. The fourth-order valence-electron chi connectivity index (χ4n) is 7.59. The number of hydrogen-bond acceptors (Lipinski definition) is 9. The Hall–Kier alpha value is -1.10. The van der Waals surface area contributed by atoms with Crippen LogP contribution in [0.1, 0.15) is 92.9 Å². The van der Waals surface area contributed by atoms with Gasteiger partial charge in [-0.15, -0.1) is 0 Å². The third-order valence-corrected chi connectivity index (χ3v) is 10.9. The first-order valence-corrected chi connectivity index (χ1v) is 16.7. The summed E-state index contributed by atoms with van der Waals surface area (Å²) in [4.78, 5) is 34.5. The summed E-state index contributed by atoms with van der Waals surface area (Å²) >= 11 is 0. The van der Waals surface area contributed by atoms with Gasteiger partial charge in [0.05, 0.1) is 17.8 Å². The van der Waals surface area contributed by atoms with Gasteiger partial charge < -0.3 is 28.7 Å². The summed E-state index contributed by atoms with van der Waals surface area (Å²) < 4.78 is 25.2. The van der Waals surface area contributed by atoms with E-state index in [1.165, 1.54) is 0 Å². The highest BCUT2D eigenvalue weighted by molar-refractivity contribution is 6.03. The molecule has 2 saturated heterocycles. The molecule has 7 atom stereocenters. The molecule has 1 aliphatic carbocycles. The zero-order valence-electron chi connectivity index (χ0n) is 29.2. The van der Waals surface area contributed by atoms with Crippen LogP contribution in [0, 0.1) is 17.3 Å². The lowest BCUT2D eigenvalue weighted by Crippen LogP contribution is -2.52. The Bertz CT molecular complexity index is 907. The van der Waals surface area contributed by atoms with Crippen LogP contribution >= 0.6 is 0 Å². The Morgan fingerprint density at radius 1 is 1.00 bits per heavy atom. The van der Waals surface area contributed by atoms with Crippen LogP contribution in [0.3, 0.4) is 0 Å². The number of ether oxygens (including phenoxy) is 4. The molecular weight excluding hydrogens is 546 g/mol. The Morgan fingerprint density at radius 3 is 2.23 bits per heavy atom. The van der Waals surface area contributed by atoms with E-state index in [0.29, 0.717) is 37.5 Å². The van der Waals surface area contributed by atoms with Crippen LogP contribution in [0.4, 0.5) is 0 Å². The quantitative estimate of drug-likeness (QED) is 0.304. The van der Waals surface area contributed by atoms with Gasteiger partial charge in [-0.3, -0.25) is 14.5 Å². The molecule has 0 amide bonds. The van der Waals surface area contributed by atoms with Crippen molar-refractivity contribution in [2.24, 2.45) is 17.3 Å². The highest BCUT2D eigenvalue weighted by Gasteiger charge is 2.47. The SMILES string of the molecule is CCN(C)[C@H]1CC[C@H]([C@H]2COC(=O)C(C)(C)C(=O)C[C@@H](O[C@H]3C[C@@H](N(C)C)C[C@@H](C)O3)[C@](C)(OC)C[C@@H](C)CN2C)CC1. The molecule has 2 heterocycles. The van der Waals surface area contributed by atoms with E-state index >= 15 is 0 Å². The maximum Gasteiger partial charge on any atom is 0.319 e. The van der Waals surface area contributed by atoms with Gasteiger partial charge in [0, 0.05) is 44.6 Å². The van der Waals surface area contributed by atoms with E-state index in [9.17, 15) is 9.59 Å². The second kappa shape index (κ2) is 15.5. The Kier molecular flexibility index (Phi) is 13.1. The first-order chi connectivity index (χ1) is 20.1. The highest BCUT2D eigenvalue weighted by atomic mass is 16.7. The molecule has 0 spiro atoms. The predicted octanol–water partition coefficient (Wildman–Crippen LogP) is 4.61. The van der Waals surface area contributed by atoms with Crippen LogP contribution in [0.25, 0.3) is 0 Å². The normalized spacial score (nSPS) is 39.2. The van der Waals surface area contributed by atoms with Crippen LogP contribution < -0.4 is 0 Å². The minimum absolute atomic E-state index is 0.0405. The number of methoxy groups -OCH3 is 1. The molecule has 0 radical (unpaired) electrons. The Balaban J connectivity index is 1.87. The minimum atomic E-state index is -1.30. The van der Waals surface area contributed by atoms with Crippen molar-refractivity contribution in [2.75, 3.05) is 55.0 Å². The zero-order chi connectivity index (χ0) is 32.1. The fourth-order valence-corrected chi connectivity index (χ4v) is 7.59. The number of ketones is 1. The number of hydrogen-bond donors (Lipinski definition) is 0. The second-order valence-corrected chi connectivity index (χ2v) is 14.9. The number of carbonyl (C=O) groups excluding carboxylic acids is 2. The average molecular weight is 610 g/mol. The summed E-state index contributed by atoms with van der Waals surface area (Å²) in [6.07, 6.45) is 5.93. The van der Waals surface area contributed by atoms with Crippen molar-refractivity contribution in [3.05, 3.63) is 0 Å². The number of esters is 1. The lowest BCUT2D eigenvalue weighted by molar-refractivity contribution is -0.255. The summed E-state index contributed by atoms with van der Waals surface area (Å²) in [5.74, 6) is 0.0382. The molecule has 0 aromatic carbocycles. The van der Waals surface area contributed by atoms with Crippen LogP contribution in [-0.4, -0.2) is 124 Å². The molecular formula is C34H63N3O6. The molecule has 3 rings (SSSR count). The van der Waals surface area contributed by atoms with Gasteiger partial charge >= 0.3 is 5.97 Å². The van der Waals surface area contributed by atoms with Crippen molar-refractivity contribution in [3.63, 3.8) is 0 Å². The van der Waals surface area contributed by atoms with Crippen molar-refractivity contribution in [3.8, 4) is 0 Å². The highest BCUT2D eigenvalue weighted by Crippen LogP contribution is 2.37. The summed E-state index contributed by atoms with van der Waals surface area (Å²) in [5.41, 5.74) is -2.05. The first-order valence-electron chi connectivity index (χ1n) is 16.7. The van der Waals surface area contributed by atoms with Crippen molar-refractivity contribution < 1.29 is 28.5 Å². The molecule has 0 aromatic rings. The second-order valence-electron chi connectivity index (χ2n) is 14.9. The number of carbonyl (C=O) groups is 2. The van der Waals surface area contributed by atoms with E-state index in [4.69, 9.17) is 18.9 Å². The van der Waals surface area contributed by atoms with Crippen LogP contribution in [0.15, 0.2) is 0 Å². The number of nitrogens with zero attached hydrogens (tertiary/aromatic N) is 3. The number of rotatable bonds is 7. The van der Waals surface area contributed by atoms with Gasteiger partial charge in [0.25, 0.3) is 0 Å². The minimum Gasteiger partial charge on any atom is -0.463 e. The number of likely N-dealkylation sites (N-methyl/N-ethyl adjacent to an activating group) is 1. The third-order valence-electron chi connectivity index (χ3n) is 10.9. The van der Waals surface area contributed by atoms with Crippen molar-refractivity contribution in [2.45, 2.75) is 135 Å². The molecule has 0 unspecified atom stereocenters. The number of Topliss-reactive ketones (excluding diaryl/α,β-unsaturated/α-hetero) is 1. The topological polar surface area (TPSA) is 80.8 Å². The monoisotopic (exact) mass is 609 g/mol. The average Bonchev–Trinajstić information content (AvgIpc) is 2.95. The van der Waals surface area contributed by atoms with Crippen molar-refractivity contribution in [1.29, 1.82) is 0 Å². The van der Waals surface area contributed by atoms with Gasteiger partial charge in [-0.1, -0.05) is 13.8 Å². The van der Waals surface area contributed by atoms with Crippen molar-refractivity contribution in [1.82, 2.24) is 14.7 Å². The van der Waals surface area contributed by atoms with Crippen LogP contribution in [0.2, 0.25) is 0 Å². The lowest BCUT2D eigenvalue weighted by atomic mass is 9.79. The smallest absolute Gasteiger partial charge is 0.319 e. The molecule has 3 fully saturated rings. The van der Waals surface area contributed by atoms with E-state index in [1.54, 1.807) is 21.0 Å². The van der Waals surface area contributed by atoms with E-state index in [1.807, 2.05) is 6.92 Å². The Morgan fingerprint density at radius 2 is 1.65 bits per heavy atom. The summed E-state index contributed by atoms with van der Waals surface area (Å²) in [7, 11) is 10.2. The largest absolute Gasteiger partial charge is 0.463 e. The van der Waals surface area contributed by atoms with E-state index < -0.39 is 29.4 Å². The van der Waals surface area contributed by atoms with Crippen molar-refractivity contribution >= 4 is 11.8 Å². The molecule has 250 valence electrons. The fraction of sp³-hybridized carbons (Fsp3) is 0.941. The third kappa shape index (κ3) is 9.23. The lowest BCUT2D eigenvalue weighted by Gasteiger charge is -2.44. The van der Waals surface area contributed by atoms with E-state index in [-0.39, 0.29) is 30.3 Å². The van der Waals surface area contributed by atoms with Gasteiger partial charge in [0.2, 0.25) is 0 Å². The molecule has 0 aromatic heterocycles. The molecule has 0 N–H and O–H groups in total. The molecule has 2 aliphatic heterocycles. The summed E-state index contributed by atoms with van der Waals surface area (Å²) in [6.45, 7) is 14.1. The molecule has 0 bridgehead atoms. The van der Waals surface area contributed by atoms with E-state index in [2.05, 4.69) is 63.7 Å². The van der Waals surface area contributed by atoms with Gasteiger partial charge in [0.15, 0.2) is 12.1 Å². The molecule has 9 nitrogen and oxygen atoms in total. The number of cyclic esters (lactones) is 1. The van der Waals surface area contributed by atoms with Gasteiger partial charge in [-0.05, 0) is 113 Å². The zero-order valence-corrected chi connectivity index (χ0v) is 29.2.